The Hall–Kier alpha value is -0.343. The first-order valence-electron chi connectivity index (χ1n) is 4.88. The SMILES string of the molecule is C[Si](C)(C)C#CC1(CO)CCC(O)O1. The summed E-state index contributed by atoms with van der Waals surface area (Å²) in [6, 6.07) is 0. The van der Waals surface area contributed by atoms with Crippen molar-refractivity contribution in [2.75, 3.05) is 6.61 Å². The van der Waals surface area contributed by atoms with Gasteiger partial charge in [-0.15, -0.1) is 5.54 Å². The lowest BCUT2D eigenvalue weighted by Crippen LogP contribution is -2.33. The minimum absolute atomic E-state index is 0.137. The van der Waals surface area contributed by atoms with Crippen LogP contribution in [0.15, 0.2) is 0 Å². The van der Waals surface area contributed by atoms with E-state index < -0.39 is 20.0 Å². The van der Waals surface area contributed by atoms with Gasteiger partial charge in [0.15, 0.2) is 11.9 Å². The van der Waals surface area contributed by atoms with Crippen LogP contribution in [0.4, 0.5) is 0 Å². The van der Waals surface area contributed by atoms with Gasteiger partial charge in [0.05, 0.1) is 6.61 Å². The minimum atomic E-state index is -1.44. The van der Waals surface area contributed by atoms with E-state index in [-0.39, 0.29) is 6.61 Å². The lowest BCUT2D eigenvalue weighted by Gasteiger charge is -2.20. The summed E-state index contributed by atoms with van der Waals surface area (Å²) in [5.74, 6) is 2.99. The summed E-state index contributed by atoms with van der Waals surface area (Å²) >= 11 is 0. The Bertz CT molecular complexity index is 261. The van der Waals surface area contributed by atoms with Crippen molar-refractivity contribution in [1.29, 1.82) is 0 Å². The van der Waals surface area contributed by atoms with Gasteiger partial charge in [-0.25, -0.2) is 0 Å². The van der Waals surface area contributed by atoms with E-state index in [1.807, 2.05) is 0 Å². The molecule has 1 aliphatic rings. The van der Waals surface area contributed by atoms with Gasteiger partial charge in [0.25, 0.3) is 0 Å². The fourth-order valence-electron chi connectivity index (χ4n) is 1.28. The summed E-state index contributed by atoms with van der Waals surface area (Å²) in [7, 11) is -1.44. The van der Waals surface area contributed by atoms with E-state index in [2.05, 4.69) is 31.1 Å². The topological polar surface area (TPSA) is 49.7 Å². The van der Waals surface area contributed by atoms with Crippen molar-refractivity contribution >= 4 is 8.07 Å². The quantitative estimate of drug-likeness (QED) is 0.500. The number of aliphatic hydroxyl groups excluding tert-OH is 2. The summed E-state index contributed by atoms with van der Waals surface area (Å²) in [4.78, 5) is 0. The van der Waals surface area contributed by atoms with Crippen molar-refractivity contribution in [3.63, 3.8) is 0 Å². The zero-order chi connectivity index (χ0) is 10.8. The molecule has 2 N–H and O–H groups in total. The molecule has 0 aromatic rings. The molecule has 0 aromatic heterocycles. The number of hydrogen-bond donors (Lipinski definition) is 2. The van der Waals surface area contributed by atoms with Gasteiger partial charge >= 0.3 is 0 Å². The van der Waals surface area contributed by atoms with Crippen LogP contribution in [-0.2, 0) is 4.74 Å². The maximum Gasteiger partial charge on any atom is 0.156 e. The van der Waals surface area contributed by atoms with Gasteiger partial charge in [0.1, 0.15) is 8.07 Å². The predicted octanol–water partition coefficient (Wildman–Crippen LogP) is 0.727. The molecule has 4 heteroatoms. The smallest absolute Gasteiger partial charge is 0.156 e. The number of ether oxygens (including phenoxy) is 1. The van der Waals surface area contributed by atoms with Crippen LogP contribution in [0, 0.1) is 11.5 Å². The first kappa shape index (κ1) is 11.7. The molecule has 1 saturated heterocycles. The fourth-order valence-corrected chi connectivity index (χ4v) is 1.89. The van der Waals surface area contributed by atoms with Crippen LogP contribution in [0.2, 0.25) is 19.6 Å². The molecular formula is C10H18O3Si. The summed E-state index contributed by atoms with van der Waals surface area (Å²) < 4.78 is 5.25. The largest absolute Gasteiger partial charge is 0.392 e. The molecule has 80 valence electrons. The highest BCUT2D eigenvalue weighted by molar-refractivity contribution is 6.83. The average molecular weight is 214 g/mol. The Morgan fingerprint density at radius 3 is 2.50 bits per heavy atom. The first-order chi connectivity index (χ1) is 6.37. The molecule has 0 amide bonds. The van der Waals surface area contributed by atoms with Crippen LogP contribution in [0.5, 0.6) is 0 Å². The van der Waals surface area contributed by atoms with E-state index >= 15 is 0 Å². The Labute approximate surface area is 86.1 Å². The highest BCUT2D eigenvalue weighted by atomic mass is 28.3. The van der Waals surface area contributed by atoms with Crippen LogP contribution >= 0.6 is 0 Å². The molecule has 2 atom stereocenters. The fraction of sp³-hybridized carbons (Fsp3) is 0.800. The Morgan fingerprint density at radius 2 is 2.14 bits per heavy atom. The zero-order valence-electron chi connectivity index (χ0n) is 9.00. The van der Waals surface area contributed by atoms with Crippen LogP contribution in [0.1, 0.15) is 12.8 Å². The summed E-state index contributed by atoms with van der Waals surface area (Å²) in [5, 5.41) is 18.4. The van der Waals surface area contributed by atoms with Gasteiger partial charge in [0, 0.05) is 6.42 Å². The third kappa shape index (κ3) is 3.10. The lowest BCUT2D eigenvalue weighted by molar-refractivity contribution is -0.128. The normalized spacial score (nSPS) is 32.5. The molecule has 0 bridgehead atoms. The molecule has 0 aromatic carbocycles. The third-order valence-electron chi connectivity index (χ3n) is 2.08. The number of hydrogen-bond acceptors (Lipinski definition) is 3. The zero-order valence-corrected chi connectivity index (χ0v) is 10.0. The second kappa shape index (κ2) is 4.03. The molecule has 3 nitrogen and oxygen atoms in total. The van der Waals surface area contributed by atoms with Gasteiger partial charge in [-0.2, -0.15) is 0 Å². The van der Waals surface area contributed by atoms with Gasteiger partial charge in [-0.1, -0.05) is 25.6 Å². The molecule has 0 aliphatic carbocycles. The molecule has 14 heavy (non-hydrogen) atoms. The molecule has 0 spiro atoms. The Balaban J connectivity index is 2.76. The lowest BCUT2D eigenvalue weighted by atomic mass is 10.0. The maximum atomic E-state index is 9.24. The molecule has 1 fully saturated rings. The Kier molecular flexibility index (Phi) is 3.38. The van der Waals surface area contributed by atoms with Gasteiger partial charge in [0.2, 0.25) is 0 Å². The van der Waals surface area contributed by atoms with Crippen LogP contribution in [-0.4, -0.2) is 36.8 Å². The average Bonchev–Trinajstić information content (AvgIpc) is 2.44. The van der Waals surface area contributed by atoms with Crippen molar-refractivity contribution < 1.29 is 14.9 Å². The van der Waals surface area contributed by atoms with Crippen molar-refractivity contribution in [1.82, 2.24) is 0 Å². The van der Waals surface area contributed by atoms with E-state index in [0.717, 1.165) is 0 Å². The highest BCUT2D eigenvalue weighted by Gasteiger charge is 2.37. The summed E-state index contributed by atoms with van der Waals surface area (Å²) in [6.45, 7) is 6.27. The van der Waals surface area contributed by atoms with Crippen LogP contribution in [0.25, 0.3) is 0 Å². The molecular weight excluding hydrogens is 196 g/mol. The van der Waals surface area contributed by atoms with E-state index in [1.54, 1.807) is 0 Å². The first-order valence-corrected chi connectivity index (χ1v) is 8.38. The molecule has 1 aliphatic heterocycles. The van der Waals surface area contributed by atoms with E-state index in [4.69, 9.17) is 4.74 Å². The second-order valence-corrected chi connectivity index (χ2v) is 9.51. The van der Waals surface area contributed by atoms with Crippen molar-refractivity contribution in [2.45, 2.75) is 44.4 Å². The van der Waals surface area contributed by atoms with Crippen molar-refractivity contribution in [3.05, 3.63) is 0 Å². The van der Waals surface area contributed by atoms with E-state index in [1.165, 1.54) is 0 Å². The van der Waals surface area contributed by atoms with Crippen molar-refractivity contribution in [2.24, 2.45) is 0 Å². The predicted molar refractivity (Wildman–Crippen MR) is 57.3 cm³/mol. The Morgan fingerprint density at radius 1 is 1.50 bits per heavy atom. The van der Waals surface area contributed by atoms with Crippen LogP contribution in [0.3, 0.4) is 0 Å². The summed E-state index contributed by atoms with van der Waals surface area (Å²) in [6.07, 6.45) is 0.404. The van der Waals surface area contributed by atoms with E-state index in [9.17, 15) is 10.2 Å². The van der Waals surface area contributed by atoms with Gasteiger partial charge < -0.3 is 14.9 Å². The highest BCUT2D eigenvalue weighted by Crippen LogP contribution is 2.28. The standard InChI is InChI=1S/C10H18O3Si/c1-14(2,3)7-6-10(8-11)5-4-9(12)13-10/h9,11-12H,4-5,8H2,1-3H3. The molecule has 1 heterocycles. The number of aliphatic hydroxyl groups is 2. The second-order valence-electron chi connectivity index (χ2n) is 4.76. The molecule has 0 saturated carbocycles. The van der Waals surface area contributed by atoms with E-state index in [0.29, 0.717) is 12.8 Å². The summed E-state index contributed by atoms with van der Waals surface area (Å²) in [5.41, 5.74) is 2.36. The van der Waals surface area contributed by atoms with Crippen molar-refractivity contribution in [3.8, 4) is 11.5 Å². The maximum absolute atomic E-state index is 9.24. The molecule has 0 radical (unpaired) electrons. The molecule has 1 rings (SSSR count). The van der Waals surface area contributed by atoms with Gasteiger partial charge in [-0.05, 0) is 6.42 Å². The molecule has 2 unspecified atom stereocenters. The van der Waals surface area contributed by atoms with Gasteiger partial charge in [-0.3, -0.25) is 0 Å². The third-order valence-corrected chi connectivity index (χ3v) is 2.95. The monoisotopic (exact) mass is 214 g/mol. The van der Waals surface area contributed by atoms with Crippen LogP contribution < -0.4 is 0 Å². The minimum Gasteiger partial charge on any atom is -0.392 e. The number of rotatable bonds is 1.